The number of rotatable bonds is 2. The summed E-state index contributed by atoms with van der Waals surface area (Å²) in [7, 11) is 1.92. The second-order valence-corrected chi connectivity index (χ2v) is 7.14. The highest BCUT2D eigenvalue weighted by atomic mass is 35.5. The van der Waals surface area contributed by atoms with E-state index < -0.39 is 0 Å². The van der Waals surface area contributed by atoms with Crippen molar-refractivity contribution in [1.82, 2.24) is 19.8 Å². The van der Waals surface area contributed by atoms with E-state index in [9.17, 15) is 4.79 Å². The Morgan fingerprint density at radius 2 is 2.33 bits per heavy atom. The molecule has 3 rings (SSSR count). The topological polar surface area (TPSA) is 50.2 Å². The van der Waals surface area contributed by atoms with Crippen molar-refractivity contribution in [2.75, 3.05) is 19.6 Å². The quantitative estimate of drug-likeness (QED) is 0.910. The molecule has 1 atom stereocenters. The molecule has 2 aromatic heterocycles. The molecule has 3 heterocycles. The van der Waals surface area contributed by atoms with E-state index in [1.165, 1.54) is 11.3 Å². The van der Waals surface area contributed by atoms with Crippen molar-refractivity contribution in [1.29, 1.82) is 0 Å². The number of nitrogens with one attached hydrogen (secondary N) is 1. The van der Waals surface area contributed by atoms with Crippen molar-refractivity contribution in [2.24, 2.45) is 7.05 Å². The van der Waals surface area contributed by atoms with Gasteiger partial charge in [0.2, 0.25) is 0 Å². The first kappa shape index (κ1) is 14.8. The van der Waals surface area contributed by atoms with Crippen LogP contribution in [0.3, 0.4) is 0 Å². The number of amides is 1. The van der Waals surface area contributed by atoms with Gasteiger partial charge in [0, 0.05) is 39.1 Å². The molecule has 1 aliphatic heterocycles. The van der Waals surface area contributed by atoms with Crippen LogP contribution in [0.2, 0.25) is 8.67 Å². The summed E-state index contributed by atoms with van der Waals surface area (Å²) in [5, 5.41) is 3.30. The van der Waals surface area contributed by atoms with Crippen LogP contribution in [0.4, 0.5) is 0 Å². The number of hydrogen-bond donors (Lipinski definition) is 1. The summed E-state index contributed by atoms with van der Waals surface area (Å²) in [5.74, 6) is 0.755. The van der Waals surface area contributed by atoms with E-state index in [1.54, 1.807) is 12.3 Å². The first-order chi connectivity index (χ1) is 10.1. The van der Waals surface area contributed by atoms with E-state index in [0.717, 1.165) is 12.4 Å². The van der Waals surface area contributed by atoms with Gasteiger partial charge in [0.05, 0.1) is 9.90 Å². The van der Waals surface area contributed by atoms with Crippen molar-refractivity contribution < 1.29 is 4.79 Å². The molecule has 1 amide bonds. The molecule has 2 aromatic rings. The molecule has 1 fully saturated rings. The van der Waals surface area contributed by atoms with Gasteiger partial charge in [0.1, 0.15) is 16.2 Å². The number of imidazole rings is 1. The smallest absolute Gasteiger partial charge is 0.257 e. The van der Waals surface area contributed by atoms with Gasteiger partial charge in [0.25, 0.3) is 5.91 Å². The van der Waals surface area contributed by atoms with E-state index in [1.807, 2.05) is 22.7 Å². The van der Waals surface area contributed by atoms with E-state index in [4.69, 9.17) is 23.2 Å². The zero-order chi connectivity index (χ0) is 15.0. The summed E-state index contributed by atoms with van der Waals surface area (Å²) in [6, 6.07) is 1.52. The van der Waals surface area contributed by atoms with Crippen molar-refractivity contribution in [2.45, 2.75) is 6.04 Å². The van der Waals surface area contributed by atoms with Gasteiger partial charge in [-0.15, -0.1) is 11.3 Å². The number of nitrogens with zero attached hydrogens (tertiary/aromatic N) is 3. The van der Waals surface area contributed by atoms with Gasteiger partial charge in [-0.1, -0.05) is 23.2 Å². The molecule has 0 saturated carbocycles. The number of hydrogen-bond acceptors (Lipinski definition) is 4. The third-order valence-electron chi connectivity index (χ3n) is 3.55. The van der Waals surface area contributed by atoms with E-state index >= 15 is 0 Å². The lowest BCUT2D eigenvalue weighted by molar-refractivity contribution is 0.0621. The maximum Gasteiger partial charge on any atom is 0.257 e. The minimum atomic E-state index is -0.110. The number of halogens is 2. The fourth-order valence-corrected chi connectivity index (χ4v) is 3.97. The Kier molecular flexibility index (Phi) is 4.21. The van der Waals surface area contributed by atoms with Crippen molar-refractivity contribution in [3.63, 3.8) is 0 Å². The molecule has 0 aliphatic carbocycles. The zero-order valence-electron chi connectivity index (χ0n) is 11.3. The molecule has 112 valence electrons. The summed E-state index contributed by atoms with van der Waals surface area (Å²) >= 11 is 13.3. The second kappa shape index (κ2) is 5.96. The van der Waals surface area contributed by atoms with Crippen molar-refractivity contribution >= 4 is 40.4 Å². The highest BCUT2D eigenvalue weighted by Crippen LogP contribution is 2.33. The number of carbonyl (C=O) groups is 1. The average Bonchev–Trinajstić information content (AvgIpc) is 3.03. The fraction of sp³-hybridized carbons (Fsp3) is 0.385. The highest BCUT2D eigenvalue weighted by molar-refractivity contribution is 7.20. The molecule has 1 unspecified atom stereocenters. The largest absolute Gasteiger partial charge is 0.336 e. The van der Waals surface area contributed by atoms with Crippen LogP contribution in [-0.4, -0.2) is 40.0 Å². The Hall–Kier alpha value is -1.08. The first-order valence-corrected chi connectivity index (χ1v) is 8.09. The van der Waals surface area contributed by atoms with Crippen LogP contribution >= 0.6 is 34.5 Å². The zero-order valence-corrected chi connectivity index (χ0v) is 13.7. The van der Waals surface area contributed by atoms with Crippen molar-refractivity contribution in [3.8, 4) is 0 Å². The predicted octanol–water partition coefficient (Wildman–Crippen LogP) is 2.58. The molecule has 1 N–H and O–H groups in total. The summed E-state index contributed by atoms with van der Waals surface area (Å²) in [4.78, 5) is 19.0. The van der Waals surface area contributed by atoms with E-state index in [-0.39, 0.29) is 11.9 Å². The summed E-state index contributed by atoms with van der Waals surface area (Å²) < 4.78 is 2.88. The van der Waals surface area contributed by atoms with E-state index in [2.05, 4.69) is 10.3 Å². The SMILES string of the molecule is Cn1ccnc1C1CNCCN1C(=O)c1cc(Cl)sc1Cl. The Morgan fingerprint density at radius 3 is 2.95 bits per heavy atom. The Labute approximate surface area is 136 Å². The lowest BCUT2D eigenvalue weighted by Crippen LogP contribution is -2.49. The van der Waals surface area contributed by atoms with Crippen LogP contribution < -0.4 is 5.32 Å². The molecule has 0 bridgehead atoms. The summed E-state index contributed by atoms with van der Waals surface area (Å²) in [5.41, 5.74) is 0.466. The minimum absolute atomic E-state index is 0.0994. The molecule has 8 heteroatoms. The Bertz CT molecular complexity index is 669. The normalized spacial score (nSPS) is 19.0. The van der Waals surface area contributed by atoms with Crippen LogP contribution in [0.25, 0.3) is 0 Å². The van der Waals surface area contributed by atoms with Gasteiger partial charge in [-0.25, -0.2) is 4.98 Å². The average molecular weight is 345 g/mol. The van der Waals surface area contributed by atoms with Crippen LogP contribution in [0, 0.1) is 0 Å². The van der Waals surface area contributed by atoms with Gasteiger partial charge < -0.3 is 14.8 Å². The lowest BCUT2D eigenvalue weighted by Gasteiger charge is -2.35. The maximum absolute atomic E-state index is 12.8. The summed E-state index contributed by atoms with van der Waals surface area (Å²) in [6.45, 7) is 2.04. The number of piperazine rings is 1. The number of aromatic nitrogens is 2. The molecular weight excluding hydrogens is 331 g/mol. The Balaban J connectivity index is 1.93. The number of aryl methyl sites for hydroxylation is 1. The van der Waals surface area contributed by atoms with Gasteiger partial charge in [-0.3, -0.25) is 4.79 Å². The maximum atomic E-state index is 12.8. The van der Waals surface area contributed by atoms with Crippen molar-refractivity contribution in [3.05, 3.63) is 38.5 Å². The van der Waals surface area contributed by atoms with E-state index in [0.29, 0.717) is 27.3 Å². The van der Waals surface area contributed by atoms with Crippen LogP contribution in [-0.2, 0) is 7.05 Å². The highest BCUT2D eigenvalue weighted by Gasteiger charge is 2.32. The Morgan fingerprint density at radius 1 is 1.52 bits per heavy atom. The molecule has 0 aromatic carbocycles. The molecule has 5 nitrogen and oxygen atoms in total. The van der Waals surface area contributed by atoms with Crippen LogP contribution in [0.5, 0.6) is 0 Å². The first-order valence-electron chi connectivity index (χ1n) is 6.51. The molecular formula is C13H14Cl2N4OS. The van der Waals surface area contributed by atoms with Crippen LogP contribution in [0.1, 0.15) is 22.2 Å². The van der Waals surface area contributed by atoms with Gasteiger partial charge >= 0.3 is 0 Å². The van der Waals surface area contributed by atoms with Crippen LogP contribution in [0.15, 0.2) is 18.5 Å². The standard InChI is InChI=1S/C13H14Cl2N4OS/c1-18-4-3-17-12(18)9-7-16-2-5-19(9)13(20)8-6-10(14)21-11(8)15/h3-4,6,9,16H,2,5,7H2,1H3. The molecule has 1 saturated heterocycles. The molecule has 21 heavy (non-hydrogen) atoms. The molecule has 1 aliphatic rings. The third kappa shape index (κ3) is 2.81. The predicted molar refractivity (Wildman–Crippen MR) is 84.2 cm³/mol. The third-order valence-corrected chi connectivity index (χ3v) is 5.04. The van der Waals surface area contributed by atoms with Gasteiger partial charge in [-0.2, -0.15) is 0 Å². The summed E-state index contributed by atoms with van der Waals surface area (Å²) in [6.07, 6.45) is 3.61. The fourth-order valence-electron chi connectivity index (χ4n) is 2.52. The second-order valence-electron chi connectivity index (χ2n) is 4.85. The molecule has 0 spiro atoms. The number of carbonyl (C=O) groups excluding carboxylic acids is 1. The van der Waals surface area contributed by atoms with Gasteiger partial charge in [0.15, 0.2) is 0 Å². The lowest BCUT2D eigenvalue weighted by atomic mass is 10.1. The number of thiophene rings is 1. The molecule has 0 radical (unpaired) electrons. The monoisotopic (exact) mass is 344 g/mol. The minimum Gasteiger partial charge on any atom is -0.336 e. The van der Waals surface area contributed by atoms with Gasteiger partial charge in [-0.05, 0) is 6.07 Å².